The SMILES string of the molecule is CCn1c(COc2ccc(OC)cc2)nnc1SCC(=O)Nc1nccs1. The highest BCUT2D eigenvalue weighted by Gasteiger charge is 2.14. The Morgan fingerprint density at radius 2 is 2.04 bits per heavy atom. The molecule has 0 aliphatic carbocycles. The number of thioether (sulfide) groups is 1. The first kappa shape index (κ1) is 19.2. The van der Waals surface area contributed by atoms with Gasteiger partial charge in [-0.15, -0.1) is 21.5 Å². The van der Waals surface area contributed by atoms with Crippen molar-refractivity contribution in [1.29, 1.82) is 0 Å². The number of methoxy groups -OCH3 is 1. The Morgan fingerprint density at radius 3 is 2.70 bits per heavy atom. The summed E-state index contributed by atoms with van der Waals surface area (Å²) < 4.78 is 12.8. The molecular formula is C17H19N5O3S2. The van der Waals surface area contributed by atoms with Crippen LogP contribution in [0.15, 0.2) is 41.0 Å². The zero-order valence-electron chi connectivity index (χ0n) is 14.9. The van der Waals surface area contributed by atoms with Gasteiger partial charge in [0, 0.05) is 18.1 Å². The van der Waals surface area contributed by atoms with Crippen molar-refractivity contribution in [2.75, 3.05) is 18.2 Å². The molecule has 1 aromatic carbocycles. The number of carbonyl (C=O) groups excluding carboxylic acids is 1. The van der Waals surface area contributed by atoms with Crippen molar-refractivity contribution in [3.05, 3.63) is 41.7 Å². The van der Waals surface area contributed by atoms with Crippen molar-refractivity contribution in [3.63, 3.8) is 0 Å². The zero-order valence-corrected chi connectivity index (χ0v) is 16.5. The van der Waals surface area contributed by atoms with Gasteiger partial charge in [0.05, 0.1) is 12.9 Å². The first-order chi connectivity index (χ1) is 13.2. The Hall–Kier alpha value is -2.59. The highest BCUT2D eigenvalue weighted by Crippen LogP contribution is 2.21. The van der Waals surface area contributed by atoms with E-state index in [4.69, 9.17) is 9.47 Å². The molecule has 1 amide bonds. The fourth-order valence-electron chi connectivity index (χ4n) is 2.24. The van der Waals surface area contributed by atoms with Gasteiger partial charge in [-0.2, -0.15) is 0 Å². The molecule has 0 atom stereocenters. The molecule has 3 aromatic rings. The minimum Gasteiger partial charge on any atom is -0.497 e. The first-order valence-electron chi connectivity index (χ1n) is 8.20. The molecule has 0 saturated carbocycles. The molecule has 1 N–H and O–H groups in total. The molecule has 2 heterocycles. The van der Waals surface area contributed by atoms with Gasteiger partial charge in [0.2, 0.25) is 5.91 Å². The Bertz CT molecular complexity index is 865. The molecule has 0 saturated heterocycles. The third-order valence-corrected chi connectivity index (χ3v) is 5.20. The number of rotatable bonds is 9. The van der Waals surface area contributed by atoms with E-state index in [0.717, 1.165) is 11.5 Å². The lowest BCUT2D eigenvalue weighted by Crippen LogP contribution is -2.14. The molecule has 27 heavy (non-hydrogen) atoms. The van der Waals surface area contributed by atoms with Crippen LogP contribution < -0.4 is 14.8 Å². The van der Waals surface area contributed by atoms with Crippen molar-refractivity contribution in [3.8, 4) is 11.5 Å². The van der Waals surface area contributed by atoms with E-state index in [1.807, 2.05) is 41.1 Å². The molecule has 0 bridgehead atoms. The van der Waals surface area contributed by atoms with Gasteiger partial charge < -0.3 is 19.4 Å². The standard InChI is InChI=1S/C17H19N5O3S2/c1-3-22-14(10-25-13-6-4-12(24-2)5-7-13)20-21-17(22)27-11-15(23)19-16-18-8-9-26-16/h4-9H,3,10-11H2,1-2H3,(H,18,19,23). The van der Waals surface area contributed by atoms with Crippen LogP contribution in [0.4, 0.5) is 5.13 Å². The number of nitrogens with zero attached hydrogens (tertiary/aromatic N) is 4. The lowest BCUT2D eigenvalue weighted by molar-refractivity contribution is -0.113. The summed E-state index contributed by atoms with van der Waals surface area (Å²) in [7, 11) is 1.62. The smallest absolute Gasteiger partial charge is 0.236 e. The summed E-state index contributed by atoms with van der Waals surface area (Å²) in [4.78, 5) is 16.0. The Balaban J connectivity index is 1.56. The average molecular weight is 406 g/mol. The van der Waals surface area contributed by atoms with Crippen LogP contribution in [0.1, 0.15) is 12.7 Å². The van der Waals surface area contributed by atoms with E-state index in [9.17, 15) is 4.79 Å². The number of carbonyl (C=O) groups is 1. The molecule has 0 spiro atoms. The van der Waals surface area contributed by atoms with Gasteiger partial charge >= 0.3 is 0 Å². The summed E-state index contributed by atoms with van der Waals surface area (Å²) in [6, 6.07) is 7.35. The van der Waals surface area contributed by atoms with E-state index < -0.39 is 0 Å². The van der Waals surface area contributed by atoms with Gasteiger partial charge in [0.1, 0.15) is 18.1 Å². The monoisotopic (exact) mass is 405 g/mol. The largest absolute Gasteiger partial charge is 0.497 e. The maximum absolute atomic E-state index is 12.0. The number of nitrogens with one attached hydrogen (secondary N) is 1. The lowest BCUT2D eigenvalue weighted by atomic mass is 10.3. The second-order valence-corrected chi connectivity index (χ2v) is 7.12. The van der Waals surface area contributed by atoms with E-state index in [-0.39, 0.29) is 11.7 Å². The third-order valence-electron chi connectivity index (χ3n) is 3.55. The molecule has 0 unspecified atom stereocenters. The molecule has 142 valence electrons. The van der Waals surface area contributed by atoms with Crippen molar-refractivity contribution < 1.29 is 14.3 Å². The molecule has 0 aliphatic heterocycles. The summed E-state index contributed by atoms with van der Waals surface area (Å²) >= 11 is 2.71. The van der Waals surface area contributed by atoms with Crippen LogP contribution in [0.3, 0.4) is 0 Å². The maximum Gasteiger partial charge on any atom is 0.236 e. The summed E-state index contributed by atoms with van der Waals surface area (Å²) in [6.45, 7) is 2.98. The molecule has 8 nitrogen and oxygen atoms in total. The predicted octanol–water partition coefficient (Wildman–Crippen LogP) is 3.07. The van der Waals surface area contributed by atoms with Crippen LogP contribution in [0.5, 0.6) is 11.5 Å². The van der Waals surface area contributed by atoms with Crippen LogP contribution in [0.25, 0.3) is 0 Å². The second kappa shape index (κ2) is 9.38. The number of ether oxygens (including phenoxy) is 2. The van der Waals surface area contributed by atoms with Crippen molar-refractivity contribution in [1.82, 2.24) is 19.7 Å². The van der Waals surface area contributed by atoms with E-state index in [0.29, 0.717) is 29.3 Å². The van der Waals surface area contributed by atoms with E-state index in [1.54, 1.807) is 13.3 Å². The molecule has 3 rings (SSSR count). The van der Waals surface area contributed by atoms with Gasteiger partial charge in [-0.3, -0.25) is 4.79 Å². The summed E-state index contributed by atoms with van der Waals surface area (Å²) in [6.07, 6.45) is 1.65. The van der Waals surface area contributed by atoms with Crippen molar-refractivity contribution in [2.24, 2.45) is 0 Å². The number of anilines is 1. The summed E-state index contributed by atoms with van der Waals surface area (Å²) in [5.41, 5.74) is 0. The maximum atomic E-state index is 12.0. The predicted molar refractivity (Wildman–Crippen MR) is 104 cm³/mol. The molecule has 0 aliphatic rings. The van der Waals surface area contributed by atoms with Crippen molar-refractivity contribution >= 4 is 34.1 Å². The van der Waals surface area contributed by atoms with Crippen LogP contribution in [-0.4, -0.2) is 38.5 Å². The van der Waals surface area contributed by atoms with Gasteiger partial charge in [-0.1, -0.05) is 11.8 Å². The fraction of sp³-hybridized carbons (Fsp3) is 0.294. The quantitative estimate of drug-likeness (QED) is 0.547. The minimum atomic E-state index is -0.128. The van der Waals surface area contributed by atoms with Gasteiger partial charge in [0.15, 0.2) is 16.1 Å². The van der Waals surface area contributed by atoms with Crippen molar-refractivity contribution in [2.45, 2.75) is 25.2 Å². The van der Waals surface area contributed by atoms with Gasteiger partial charge in [-0.05, 0) is 31.2 Å². The molecular weight excluding hydrogens is 386 g/mol. The van der Waals surface area contributed by atoms with Gasteiger partial charge in [-0.25, -0.2) is 4.98 Å². The number of aromatic nitrogens is 4. The summed E-state index contributed by atoms with van der Waals surface area (Å²) in [5, 5.41) is 14.2. The van der Waals surface area contributed by atoms with Crippen LogP contribution in [0, 0.1) is 0 Å². The third kappa shape index (κ3) is 5.20. The normalized spacial score (nSPS) is 10.6. The van der Waals surface area contributed by atoms with Crippen LogP contribution in [0.2, 0.25) is 0 Å². The fourth-order valence-corrected chi connectivity index (χ4v) is 3.61. The highest BCUT2D eigenvalue weighted by atomic mass is 32.2. The summed E-state index contributed by atoms with van der Waals surface area (Å²) in [5.74, 6) is 2.30. The first-order valence-corrected chi connectivity index (χ1v) is 10.1. The molecule has 0 fully saturated rings. The van der Waals surface area contributed by atoms with Gasteiger partial charge in [0.25, 0.3) is 0 Å². The Labute approximate surface area is 164 Å². The Morgan fingerprint density at radius 1 is 1.26 bits per heavy atom. The highest BCUT2D eigenvalue weighted by molar-refractivity contribution is 7.99. The molecule has 10 heteroatoms. The molecule has 0 radical (unpaired) electrons. The lowest BCUT2D eigenvalue weighted by Gasteiger charge is -2.09. The Kier molecular flexibility index (Phi) is 6.66. The zero-order chi connectivity index (χ0) is 19.1. The molecule has 2 aromatic heterocycles. The van der Waals surface area contributed by atoms with Crippen LogP contribution >= 0.6 is 23.1 Å². The van der Waals surface area contributed by atoms with E-state index in [2.05, 4.69) is 20.5 Å². The second-order valence-electron chi connectivity index (χ2n) is 5.28. The van der Waals surface area contributed by atoms with Crippen LogP contribution in [-0.2, 0) is 17.9 Å². The minimum absolute atomic E-state index is 0.128. The van der Waals surface area contributed by atoms with E-state index in [1.165, 1.54) is 23.1 Å². The van der Waals surface area contributed by atoms with E-state index >= 15 is 0 Å². The number of amides is 1. The number of thiazole rings is 1. The number of hydrogen-bond donors (Lipinski definition) is 1. The number of benzene rings is 1. The number of hydrogen-bond acceptors (Lipinski definition) is 8. The average Bonchev–Trinajstić information content (AvgIpc) is 3.34. The topological polar surface area (TPSA) is 91.2 Å².